The molecule has 2 rings (SSSR count). The maximum absolute atomic E-state index is 2.31. The second kappa shape index (κ2) is 3.38. The van der Waals surface area contributed by atoms with E-state index in [-0.39, 0.29) is 0 Å². The van der Waals surface area contributed by atoms with Crippen LogP contribution in [-0.2, 0) is 0 Å². The van der Waals surface area contributed by atoms with Gasteiger partial charge in [-0.3, -0.25) is 4.90 Å². The van der Waals surface area contributed by atoms with Crippen molar-refractivity contribution in [3.8, 4) is 0 Å². The number of likely N-dealkylation sites (N-methyl/N-ethyl adjacent to an activating group) is 2. The molecular weight excluding hydrogens is 160 g/mol. The lowest BCUT2D eigenvalue weighted by Crippen LogP contribution is -2.36. The number of likely N-dealkylation sites (tertiary alicyclic amines) is 1. The molecule has 0 radical (unpaired) electrons. The topological polar surface area (TPSA) is 6.48 Å². The predicted molar refractivity (Wildman–Crippen MR) is 55.4 cm³/mol. The van der Waals surface area contributed by atoms with Crippen molar-refractivity contribution >= 4 is 0 Å². The van der Waals surface area contributed by atoms with E-state index < -0.39 is 0 Å². The summed E-state index contributed by atoms with van der Waals surface area (Å²) in [4.78, 5) is 4.50. The molecule has 0 aromatic heterocycles. The van der Waals surface area contributed by atoms with Gasteiger partial charge in [0.05, 0.1) is 0 Å². The van der Waals surface area contributed by atoms with E-state index in [1.165, 1.54) is 11.1 Å². The van der Waals surface area contributed by atoms with E-state index in [1.807, 2.05) is 0 Å². The average molecular weight is 176 g/mol. The molecule has 0 amide bonds. The Labute approximate surface area is 79.8 Å². The van der Waals surface area contributed by atoms with E-state index in [0.717, 1.165) is 19.6 Å². The maximum atomic E-state index is 2.31. The van der Waals surface area contributed by atoms with Gasteiger partial charge in [-0.1, -0.05) is 12.2 Å². The summed E-state index contributed by atoms with van der Waals surface area (Å²) in [5.41, 5.74) is 2.95. The molecule has 1 fully saturated rings. The number of hydrogen-bond donors (Lipinski definition) is 0. The Kier molecular flexibility index (Phi) is 2.23. The zero-order chi connectivity index (χ0) is 9.26. The quantitative estimate of drug-likeness (QED) is 0.593. The third-order valence-electron chi connectivity index (χ3n) is 2.45. The van der Waals surface area contributed by atoms with Crippen LogP contribution in [-0.4, -0.2) is 43.5 Å². The fraction of sp³-hybridized carbons (Fsp3) is 0.455. The van der Waals surface area contributed by atoms with Gasteiger partial charge in [0.25, 0.3) is 0 Å². The maximum Gasteiger partial charge on any atom is 0.0421 e. The van der Waals surface area contributed by atoms with Gasteiger partial charge < -0.3 is 4.90 Å². The van der Waals surface area contributed by atoms with Crippen molar-refractivity contribution in [2.24, 2.45) is 0 Å². The van der Waals surface area contributed by atoms with E-state index in [1.54, 1.807) is 0 Å². The van der Waals surface area contributed by atoms with Crippen LogP contribution in [0.15, 0.2) is 35.6 Å². The fourth-order valence-electron chi connectivity index (χ4n) is 1.70. The van der Waals surface area contributed by atoms with E-state index >= 15 is 0 Å². The Bertz CT molecular complexity index is 278. The molecule has 0 spiro atoms. The highest BCUT2D eigenvalue weighted by atomic mass is 15.1. The molecule has 0 aromatic carbocycles. The smallest absolute Gasteiger partial charge is 0.0421 e. The molecule has 0 N–H and O–H groups in total. The molecule has 0 aromatic rings. The normalized spacial score (nSPS) is 25.5. The van der Waals surface area contributed by atoms with Gasteiger partial charge >= 0.3 is 0 Å². The minimum atomic E-state index is 1.06. The minimum absolute atomic E-state index is 1.06. The highest BCUT2D eigenvalue weighted by molar-refractivity contribution is 5.32. The largest absolute Gasteiger partial charge is 0.376 e. The Morgan fingerprint density at radius 2 is 1.92 bits per heavy atom. The molecule has 70 valence electrons. The lowest BCUT2D eigenvalue weighted by molar-refractivity contribution is 0.310. The van der Waals surface area contributed by atoms with Crippen LogP contribution in [0.5, 0.6) is 0 Å². The SMILES string of the molecule is CN1C=CC(=CC=C2CN(C)C2)C1. The van der Waals surface area contributed by atoms with Gasteiger partial charge in [-0.15, -0.1) is 0 Å². The number of rotatable bonds is 1. The molecule has 0 atom stereocenters. The lowest BCUT2D eigenvalue weighted by atomic mass is 10.1. The summed E-state index contributed by atoms with van der Waals surface area (Å²) >= 11 is 0. The van der Waals surface area contributed by atoms with Gasteiger partial charge in [0.2, 0.25) is 0 Å². The first-order valence-electron chi connectivity index (χ1n) is 4.69. The summed E-state index contributed by atoms with van der Waals surface area (Å²) in [5, 5.41) is 0. The summed E-state index contributed by atoms with van der Waals surface area (Å²) in [5.74, 6) is 0. The van der Waals surface area contributed by atoms with E-state index in [9.17, 15) is 0 Å². The summed E-state index contributed by atoms with van der Waals surface area (Å²) < 4.78 is 0. The van der Waals surface area contributed by atoms with Crippen molar-refractivity contribution in [2.75, 3.05) is 33.7 Å². The summed E-state index contributed by atoms with van der Waals surface area (Å²) in [6.07, 6.45) is 8.80. The Hall–Kier alpha value is -1.02. The molecule has 0 aliphatic carbocycles. The molecular formula is C11H16N2. The Morgan fingerprint density at radius 1 is 1.15 bits per heavy atom. The van der Waals surface area contributed by atoms with Crippen molar-refractivity contribution < 1.29 is 0 Å². The minimum Gasteiger partial charge on any atom is -0.376 e. The zero-order valence-electron chi connectivity index (χ0n) is 8.33. The fourth-order valence-corrected chi connectivity index (χ4v) is 1.70. The Morgan fingerprint density at radius 3 is 2.46 bits per heavy atom. The van der Waals surface area contributed by atoms with Gasteiger partial charge in [0, 0.05) is 26.7 Å². The van der Waals surface area contributed by atoms with E-state index in [2.05, 4.69) is 48.3 Å². The van der Waals surface area contributed by atoms with Crippen LogP contribution in [0.25, 0.3) is 0 Å². The van der Waals surface area contributed by atoms with Gasteiger partial charge in [-0.2, -0.15) is 0 Å². The monoisotopic (exact) mass is 176 g/mol. The molecule has 2 aliphatic rings. The summed E-state index contributed by atoms with van der Waals surface area (Å²) in [7, 11) is 4.25. The van der Waals surface area contributed by atoms with Crippen LogP contribution in [0.2, 0.25) is 0 Å². The van der Waals surface area contributed by atoms with Crippen molar-refractivity contribution in [3.05, 3.63) is 35.6 Å². The molecule has 0 bridgehead atoms. The van der Waals surface area contributed by atoms with Crippen LogP contribution in [0.3, 0.4) is 0 Å². The second-order valence-electron chi connectivity index (χ2n) is 3.97. The van der Waals surface area contributed by atoms with Crippen LogP contribution >= 0.6 is 0 Å². The molecule has 0 saturated carbocycles. The summed E-state index contributed by atoms with van der Waals surface area (Å²) in [6.45, 7) is 3.34. The van der Waals surface area contributed by atoms with Crippen molar-refractivity contribution in [2.45, 2.75) is 0 Å². The van der Waals surface area contributed by atoms with Gasteiger partial charge in [-0.25, -0.2) is 0 Å². The number of nitrogens with zero attached hydrogens (tertiary/aromatic N) is 2. The Balaban J connectivity index is 1.91. The standard InChI is InChI=1S/C11H16N2/c1-12-6-5-10(7-12)3-4-11-8-13(2)9-11/h3-6H,7-9H2,1-2H3. The third-order valence-corrected chi connectivity index (χ3v) is 2.45. The molecule has 2 aliphatic heterocycles. The first-order chi connectivity index (χ1) is 6.24. The van der Waals surface area contributed by atoms with E-state index in [4.69, 9.17) is 0 Å². The first-order valence-corrected chi connectivity index (χ1v) is 4.69. The second-order valence-corrected chi connectivity index (χ2v) is 3.97. The molecule has 13 heavy (non-hydrogen) atoms. The summed E-state index contributed by atoms with van der Waals surface area (Å²) in [6, 6.07) is 0. The van der Waals surface area contributed by atoms with Crippen molar-refractivity contribution in [3.63, 3.8) is 0 Å². The van der Waals surface area contributed by atoms with Crippen molar-refractivity contribution in [1.29, 1.82) is 0 Å². The van der Waals surface area contributed by atoms with Crippen molar-refractivity contribution in [1.82, 2.24) is 9.80 Å². The number of allylic oxidation sites excluding steroid dienone is 2. The van der Waals surface area contributed by atoms with Crippen LogP contribution in [0, 0.1) is 0 Å². The predicted octanol–water partition coefficient (Wildman–Crippen LogP) is 1.24. The van der Waals surface area contributed by atoms with Gasteiger partial charge in [0.1, 0.15) is 0 Å². The molecule has 1 saturated heterocycles. The highest BCUT2D eigenvalue weighted by Gasteiger charge is 2.13. The third kappa shape index (κ3) is 2.01. The lowest BCUT2D eigenvalue weighted by Gasteiger charge is -2.29. The molecule has 0 unspecified atom stereocenters. The van der Waals surface area contributed by atoms with Crippen LogP contribution in [0.4, 0.5) is 0 Å². The molecule has 2 nitrogen and oxygen atoms in total. The van der Waals surface area contributed by atoms with Crippen LogP contribution < -0.4 is 0 Å². The molecule has 2 heteroatoms. The number of hydrogen-bond acceptors (Lipinski definition) is 2. The van der Waals surface area contributed by atoms with Crippen LogP contribution in [0.1, 0.15) is 0 Å². The van der Waals surface area contributed by atoms with Gasteiger partial charge in [-0.05, 0) is 30.5 Å². The van der Waals surface area contributed by atoms with E-state index in [0.29, 0.717) is 0 Å². The molecule has 2 heterocycles. The average Bonchev–Trinajstić information content (AvgIpc) is 2.43. The first kappa shape index (κ1) is 8.57. The van der Waals surface area contributed by atoms with Gasteiger partial charge in [0.15, 0.2) is 0 Å². The highest BCUT2D eigenvalue weighted by Crippen LogP contribution is 2.14. The zero-order valence-corrected chi connectivity index (χ0v) is 8.33.